The SMILES string of the molecule is CC(C)C(C)(O)CNC(=O)C1CCN(c2ccccc2[N+](=O)[O-])CC1. The van der Waals surface area contributed by atoms with Gasteiger partial charge in [0.15, 0.2) is 0 Å². The Labute approximate surface area is 148 Å². The quantitative estimate of drug-likeness (QED) is 0.607. The van der Waals surface area contributed by atoms with Gasteiger partial charge in [0.25, 0.3) is 5.69 Å². The molecular formula is C18H27N3O4. The van der Waals surface area contributed by atoms with Crippen LogP contribution in [0.4, 0.5) is 11.4 Å². The standard InChI is InChI=1S/C18H27N3O4/c1-13(2)18(3,23)12-19-17(22)14-8-10-20(11-9-14)15-6-4-5-7-16(15)21(24)25/h4-7,13-14,23H,8-12H2,1-3H3,(H,19,22). The van der Waals surface area contributed by atoms with Crippen LogP contribution < -0.4 is 10.2 Å². The summed E-state index contributed by atoms with van der Waals surface area (Å²) in [5, 5.41) is 24.2. The summed E-state index contributed by atoms with van der Waals surface area (Å²) in [6.07, 6.45) is 1.28. The summed E-state index contributed by atoms with van der Waals surface area (Å²) >= 11 is 0. The monoisotopic (exact) mass is 349 g/mol. The van der Waals surface area contributed by atoms with Crippen LogP contribution in [-0.2, 0) is 4.79 Å². The largest absolute Gasteiger partial charge is 0.388 e. The fourth-order valence-electron chi connectivity index (χ4n) is 2.88. The molecule has 0 aliphatic carbocycles. The number of hydrogen-bond acceptors (Lipinski definition) is 5. The molecule has 1 atom stereocenters. The van der Waals surface area contributed by atoms with Crippen molar-refractivity contribution in [2.45, 2.75) is 39.2 Å². The van der Waals surface area contributed by atoms with Crippen molar-refractivity contribution in [1.29, 1.82) is 0 Å². The van der Waals surface area contributed by atoms with Crippen molar-refractivity contribution in [2.24, 2.45) is 11.8 Å². The first-order valence-electron chi connectivity index (χ1n) is 8.71. The van der Waals surface area contributed by atoms with Gasteiger partial charge in [0.1, 0.15) is 5.69 Å². The number of carbonyl (C=O) groups excluding carboxylic acids is 1. The van der Waals surface area contributed by atoms with E-state index in [2.05, 4.69) is 5.32 Å². The molecule has 1 saturated heterocycles. The van der Waals surface area contributed by atoms with E-state index in [-0.39, 0.29) is 34.9 Å². The zero-order valence-corrected chi connectivity index (χ0v) is 15.1. The third kappa shape index (κ3) is 4.69. The van der Waals surface area contributed by atoms with Crippen molar-refractivity contribution in [3.63, 3.8) is 0 Å². The lowest BCUT2D eigenvalue weighted by atomic mass is 9.91. The summed E-state index contributed by atoms with van der Waals surface area (Å²) in [6, 6.07) is 6.69. The van der Waals surface area contributed by atoms with Crippen LogP contribution in [0.3, 0.4) is 0 Å². The summed E-state index contributed by atoms with van der Waals surface area (Å²) in [4.78, 5) is 25.1. The van der Waals surface area contributed by atoms with Crippen LogP contribution in [0, 0.1) is 22.0 Å². The first-order valence-corrected chi connectivity index (χ1v) is 8.71. The molecule has 138 valence electrons. The lowest BCUT2D eigenvalue weighted by molar-refractivity contribution is -0.384. The Balaban J connectivity index is 1.92. The van der Waals surface area contributed by atoms with Gasteiger partial charge in [-0.15, -0.1) is 0 Å². The van der Waals surface area contributed by atoms with E-state index in [1.165, 1.54) is 6.07 Å². The Morgan fingerprint density at radius 1 is 1.40 bits per heavy atom. The van der Waals surface area contributed by atoms with Gasteiger partial charge in [-0.2, -0.15) is 0 Å². The lowest BCUT2D eigenvalue weighted by Crippen LogP contribution is -2.47. The van der Waals surface area contributed by atoms with Crippen molar-refractivity contribution in [2.75, 3.05) is 24.5 Å². The Kier molecular flexibility index (Phi) is 6.00. The van der Waals surface area contributed by atoms with Crippen LogP contribution in [-0.4, -0.2) is 41.2 Å². The van der Waals surface area contributed by atoms with Crippen molar-refractivity contribution in [3.8, 4) is 0 Å². The molecule has 0 radical (unpaired) electrons. The number of nitrogens with one attached hydrogen (secondary N) is 1. The molecule has 1 aromatic rings. The number of nitrogens with zero attached hydrogens (tertiary/aromatic N) is 2. The lowest BCUT2D eigenvalue weighted by Gasteiger charge is -2.33. The Morgan fingerprint density at radius 2 is 2.00 bits per heavy atom. The maximum atomic E-state index is 12.3. The molecule has 2 N–H and O–H groups in total. The number of nitro groups is 1. The van der Waals surface area contributed by atoms with E-state index in [9.17, 15) is 20.0 Å². The van der Waals surface area contributed by atoms with Crippen LogP contribution in [0.25, 0.3) is 0 Å². The molecule has 25 heavy (non-hydrogen) atoms. The third-order valence-corrected chi connectivity index (χ3v) is 5.15. The molecule has 7 nitrogen and oxygen atoms in total. The maximum Gasteiger partial charge on any atom is 0.292 e. The first-order chi connectivity index (χ1) is 11.7. The third-order valence-electron chi connectivity index (χ3n) is 5.15. The Morgan fingerprint density at radius 3 is 2.56 bits per heavy atom. The molecule has 1 unspecified atom stereocenters. The highest BCUT2D eigenvalue weighted by molar-refractivity contribution is 5.79. The number of amides is 1. The van der Waals surface area contributed by atoms with Crippen LogP contribution >= 0.6 is 0 Å². The van der Waals surface area contributed by atoms with E-state index in [0.717, 1.165) is 0 Å². The van der Waals surface area contributed by atoms with E-state index >= 15 is 0 Å². The van der Waals surface area contributed by atoms with Gasteiger partial charge in [-0.1, -0.05) is 26.0 Å². The molecule has 0 bridgehead atoms. The minimum Gasteiger partial charge on any atom is -0.388 e. The molecule has 0 spiro atoms. The highest BCUT2D eigenvalue weighted by Crippen LogP contribution is 2.31. The number of anilines is 1. The van der Waals surface area contributed by atoms with Gasteiger partial charge < -0.3 is 15.3 Å². The average molecular weight is 349 g/mol. The van der Waals surface area contributed by atoms with E-state index in [1.54, 1.807) is 25.1 Å². The van der Waals surface area contributed by atoms with Gasteiger partial charge in [0.2, 0.25) is 5.91 Å². The van der Waals surface area contributed by atoms with Crippen molar-refractivity contribution >= 4 is 17.3 Å². The van der Waals surface area contributed by atoms with Crippen LogP contribution in [0.2, 0.25) is 0 Å². The van der Waals surface area contributed by atoms with E-state index in [1.807, 2.05) is 18.7 Å². The minimum atomic E-state index is -0.930. The van der Waals surface area contributed by atoms with Gasteiger partial charge in [0.05, 0.1) is 10.5 Å². The second-order valence-corrected chi connectivity index (χ2v) is 7.24. The first kappa shape index (κ1) is 19.2. The molecule has 0 aromatic heterocycles. The molecule has 0 saturated carbocycles. The molecule has 1 aliphatic rings. The zero-order valence-electron chi connectivity index (χ0n) is 15.1. The molecule has 1 fully saturated rings. The van der Waals surface area contributed by atoms with Crippen molar-refractivity contribution in [3.05, 3.63) is 34.4 Å². The summed E-state index contributed by atoms with van der Waals surface area (Å²) in [7, 11) is 0. The predicted octanol–water partition coefficient (Wildman–Crippen LogP) is 2.33. The normalized spacial score (nSPS) is 18.0. The van der Waals surface area contributed by atoms with E-state index in [0.29, 0.717) is 31.6 Å². The molecule has 1 aliphatic heterocycles. The Bertz CT molecular complexity index is 623. The fraction of sp³-hybridized carbons (Fsp3) is 0.611. The summed E-state index contributed by atoms with van der Waals surface area (Å²) in [6.45, 7) is 6.98. The second-order valence-electron chi connectivity index (χ2n) is 7.24. The predicted molar refractivity (Wildman–Crippen MR) is 96.5 cm³/mol. The number of piperidine rings is 1. The number of para-hydroxylation sites is 2. The van der Waals surface area contributed by atoms with Gasteiger partial charge in [-0.3, -0.25) is 14.9 Å². The topological polar surface area (TPSA) is 95.7 Å². The number of rotatable bonds is 6. The van der Waals surface area contributed by atoms with E-state index in [4.69, 9.17) is 0 Å². The van der Waals surface area contributed by atoms with E-state index < -0.39 is 5.60 Å². The zero-order chi connectivity index (χ0) is 18.6. The maximum absolute atomic E-state index is 12.3. The molecule has 1 aromatic carbocycles. The number of nitro benzene ring substituents is 1. The van der Waals surface area contributed by atoms with Crippen LogP contribution in [0.5, 0.6) is 0 Å². The number of carbonyl (C=O) groups is 1. The van der Waals surface area contributed by atoms with Gasteiger partial charge in [-0.05, 0) is 31.7 Å². The summed E-state index contributed by atoms with van der Waals surface area (Å²) < 4.78 is 0. The van der Waals surface area contributed by atoms with Gasteiger partial charge in [0, 0.05) is 31.6 Å². The van der Waals surface area contributed by atoms with Crippen LogP contribution in [0.1, 0.15) is 33.6 Å². The molecule has 1 amide bonds. The van der Waals surface area contributed by atoms with Crippen LogP contribution in [0.15, 0.2) is 24.3 Å². The Hall–Kier alpha value is -2.15. The van der Waals surface area contributed by atoms with Crippen molar-refractivity contribution in [1.82, 2.24) is 5.32 Å². The number of hydrogen-bond donors (Lipinski definition) is 2. The number of aliphatic hydroxyl groups is 1. The van der Waals surface area contributed by atoms with Crippen molar-refractivity contribution < 1.29 is 14.8 Å². The molecule has 2 rings (SSSR count). The molecule has 7 heteroatoms. The number of benzene rings is 1. The molecule has 1 heterocycles. The summed E-state index contributed by atoms with van der Waals surface area (Å²) in [5.74, 6) is -0.126. The summed E-state index contributed by atoms with van der Waals surface area (Å²) in [5.41, 5.74) is -0.228. The van der Waals surface area contributed by atoms with Gasteiger partial charge >= 0.3 is 0 Å². The highest BCUT2D eigenvalue weighted by Gasteiger charge is 2.30. The second kappa shape index (κ2) is 7.82. The smallest absolute Gasteiger partial charge is 0.292 e. The highest BCUT2D eigenvalue weighted by atomic mass is 16.6. The average Bonchev–Trinajstić information content (AvgIpc) is 2.59. The molecular weight excluding hydrogens is 322 g/mol. The minimum absolute atomic E-state index is 0.0493. The van der Waals surface area contributed by atoms with Gasteiger partial charge in [-0.25, -0.2) is 0 Å². The fourth-order valence-corrected chi connectivity index (χ4v) is 2.88.